The van der Waals surface area contributed by atoms with Crippen molar-refractivity contribution in [2.45, 2.75) is 39.4 Å². The van der Waals surface area contributed by atoms with Gasteiger partial charge < -0.3 is 9.52 Å². The van der Waals surface area contributed by atoms with Gasteiger partial charge in [-0.1, -0.05) is 30.3 Å². The topological polar surface area (TPSA) is 52.7 Å². The quantitative estimate of drug-likeness (QED) is 0.643. The normalized spacial score (nSPS) is 18.0. The molecule has 5 nitrogen and oxygen atoms in total. The van der Waals surface area contributed by atoms with Crippen molar-refractivity contribution in [1.29, 1.82) is 0 Å². The Morgan fingerprint density at radius 2 is 1.87 bits per heavy atom. The first kappa shape index (κ1) is 20.8. The van der Waals surface area contributed by atoms with E-state index in [0.29, 0.717) is 6.04 Å². The monoisotopic (exact) mass is 405 g/mol. The lowest BCUT2D eigenvalue weighted by molar-refractivity contribution is 0.0492. The Bertz CT molecular complexity index is 968. The van der Waals surface area contributed by atoms with Crippen LogP contribution in [0.5, 0.6) is 0 Å². The molecule has 0 aliphatic carbocycles. The maximum atomic E-state index is 9.64. The molecule has 1 saturated heterocycles. The molecular weight excluding hydrogens is 374 g/mol. The zero-order valence-corrected chi connectivity index (χ0v) is 17.9. The van der Waals surface area contributed by atoms with Crippen molar-refractivity contribution >= 4 is 0 Å². The summed E-state index contributed by atoms with van der Waals surface area (Å²) in [5.41, 5.74) is 4.60. The van der Waals surface area contributed by atoms with Gasteiger partial charge in [0, 0.05) is 56.6 Å². The minimum Gasteiger partial charge on any atom is -0.461 e. The maximum absolute atomic E-state index is 9.64. The number of aromatic nitrogens is 1. The lowest BCUT2D eigenvalue weighted by Crippen LogP contribution is -2.52. The van der Waals surface area contributed by atoms with Crippen molar-refractivity contribution in [3.63, 3.8) is 0 Å². The van der Waals surface area contributed by atoms with Crippen LogP contribution in [-0.4, -0.2) is 52.2 Å². The van der Waals surface area contributed by atoms with E-state index in [0.717, 1.165) is 67.6 Å². The van der Waals surface area contributed by atoms with Crippen LogP contribution in [0.4, 0.5) is 0 Å². The van der Waals surface area contributed by atoms with E-state index in [1.165, 1.54) is 5.56 Å². The Balaban J connectivity index is 1.46. The van der Waals surface area contributed by atoms with Crippen LogP contribution in [0.3, 0.4) is 0 Å². The van der Waals surface area contributed by atoms with E-state index < -0.39 is 0 Å². The fourth-order valence-corrected chi connectivity index (χ4v) is 4.35. The van der Waals surface area contributed by atoms with E-state index >= 15 is 0 Å². The van der Waals surface area contributed by atoms with Gasteiger partial charge in [-0.3, -0.25) is 14.8 Å². The average Bonchev–Trinajstić information content (AvgIpc) is 3.17. The number of nitrogens with zero attached hydrogens (tertiary/aromatic N) is 3. The Kier molecular flexibility index (Phi) is 6.62. The molecule has 30 heavy (non-hydrogen) atoms. The molecule has 0 radical (unpaired) electrons. The number of piperazine rings is 1. The summed E-state index contributed by atoms with van der Waals surface area (Å²) < 4.78 is 5.89. The molecule has 1 N–H and O–H groups in total. The number of hydrogen-bond acceptors (Lipinski definition) is 5. The minimum absolute atomic E-state index is 0.207. The summed E-state index contributed by atoms with van der Waals surface area (Å²) in [7, 11) is 0. The van der Waals surface area contributed by atoms with Crippen molar-refractivity contribution in [3.8, 4) is 11.3 Å². The molecule has 1 atom stereocenters. The summed E-state index contributed by atoms with van der Waals surface area (Å²) in [6, 6.07) is 19.1. The van der Waals surface area contributed by atoms with Gasteiger partial charge in [0.1, 0.15) is 11.5 Å². The molecular formula is C25H31N3O2. The molecule has 1 unspecified atom stereocenters. The summed E-state index contributed by atoms with van der Waals surface area (Å²) in [4.78, 5) is 9.63. The number of aliphatic hydroxyl groups excluding tert-OH is 1. The van der Waals surface area contributed by atoms with Gasteiger partial charge in [-0.15, -0.1) is 0 Å². The molecule has 1 aliphatic rings. The third-order valence-electron chi connectivity index (χ3n) is 5.88. The van der Waals surface area contributed by atoms with Crippen LogP contribution in [0.2, 0.25) is 0 Å². The number of aryl methyl sites for hydroxylation is 2. The molecule has 1 aliphatic heterocycles. The predicted octanol–water partition coefficient (Wildman–Crippen LogP) is 4.03. The Labute approximate surface area is 179 Å². The van der Waals surface area contributed by atoms with Gasteiger partial charge in [-0.05, 0) is 50.1 Å². The van der Waals surface area contributed by atoms with Gasteiger partial charge in [0.25, 0.3) is 0 Å². The van der Waals surface area contributed by atoms with Crippen LogP contribution < -0.4 is 0 Å². The van der Waals surface area contributed by atoms with E-state index in [2.05, 4.69) is 57.2 Å². The van der Waals surface area contributed by atoms with Crippen molar-refractivity contribution < 1.29 is 9.52 Å². The van der Waals surface area contributed by atoms with Crippen LogP contribution in [-0.2, 0) is 13.1 Å². The summed E-state index contributed by atoms with van der Waals surface area (Å²) in [6.07, 6.45) is 0.779. The highest BCUT2D eigenvalue weighted by Crippen LogP contribution is 2.27. The molecule has 0 bridgehead atoms. The summed E-state index contributed by atoms with van der Waals surface area (Å²) in [5, 5.41) is 9.64. The molecule has 1 aromatic carbocycles. The second kappa shape index (κ2) is 9.56. The first-order chi connectivity index (χ1) is 14.6. The number of benzene rings is 1. The summed E-state index contributed by atoms with van der Waals surface area (Å²) >= 11 is 0. The Morgan fingerprint density at radius 1 is 1.00 bits per heavy atom. The number of pyridine rings is 1. The molecule has 0 saturated carbocycles. The SMILES string of the molecule is Cc1cccc(CN2CCN(Cc3ccccc3-c3ccc(C)o3)CC2CCO)n1. The summed E-state index contributed by atoms with van der Waals surface area (Å²) in [6.45, 7) is 8.85. The van der Waals surface area contributed by atoms with Crippen LogP contribution in [0.25, 0.3) is 11.3 Å². The molecule has 2 aromatic heterocycles. The number of furan rings is 1. The van der Waals surface area contributed by atoms with E-state index in [-0.39, 0.29) is 6.61 Å². The van der Waals surface area contributed by atoms with Gasteiger partial charge in [0.05, 0.1) is 5.69 Å². The van der Waals surface area contributed by atoms with Gasteiger partial charge >= 0.3 is 0 Å². The fraction of sp³-hybridized carbons (Fsp3) is 0.400. The first-order valence-corrected chi connectivity index (χ1v) is 10.8. The molecule has 0 spiro atoms. The largest absolute Gasteiger partial charge is 0.461 e. The van der Waals surface area contributed by atoms with Crippen molar-refractivity contribution in [3.05, 3.63) is 77.3 Å². The van der Waals surface area contributed by atoms with Crippen molar-refractivity contribution in [1.82, 2.24) is 14.8 Å². The number of aliphatic hydroxyl groups is 1. The van der Waals surface area contributed by atoms with E-state index in [9.17, 15) is 5.11 Å². The molecule has 0 amide bonds. The minimum atomic E-state index is 0.207. The molecule has 3 aromatic rings. The molecule has 4 rings (SSSR count). The van der Waals surface area contributed by atoms with E-state index in [1.807, 2.05) is 26.0 Å². The highest BCUT2D eigenvalue weighted by Gasteiger charge is 2.27. The van der Waals surface area contributed by atoms with E-state index in [4.69, 9.17) is 4.42 Å². The molecule has 158 valence electrons. The smallest absolute Gasteiger partial charge is 0.134 e. The van der Waals surface area contributed by atoms with Crippen molar-refractivity contribution in [2.24, 2.45) is 0 Å². The second-order valence-electron chi connectivity index (χ2n) is 8.21. The highest BCUT2D eigenvalue weighted by molar-refractivity contribution is 5.62. The third kappa shape index (κ3) is 4.98. The van der Waals surface area contributed by atoms with Crippen LogP contribution in [0.1, 0.15) is 29.1 Å². The molecule has 1 fully saturated rings. The zero-order chi connectivity index (χ0) is 20.9. The Hall–Kier alpha value is -2.47. The maximum Gasteiger partial charge on any atom is 0.134 e. The van der Waals surface area contributed by atoms with Crippen molar-refractivity contribution in [2.75, 3.05) is 26.2 Å². The van der Waals surface area contributed by atoms with Gasteiger partial charge in [0.2, 0.25) is 0 Å². The summed E-state index contributed by atoms with van der Waals surface area (Å²) in [5.74, 6) is 1.86. The molecule has 5 heteroatoms. The van der Waals surface area contributed by atoms with Crippen LogP contribution in [0.15, 0.2) is 59.0 Å². The average molecular weight is 406 g/mol. The number of hydrogen-bond donors (Lipinski definition) is 1. The fourth-order valence-electron chi connectivity index (χ4n) is 4.35. The van der Waals surface area contributed by atoms with E-state index in [1.54, 1.807) is 0 Å². The second-order valence-corrected chi connectivity index (χ2v) is 8.21. The highest BCUT2D eigenvalue weighted by atomic mass is 16.3. The predicted molar refractivity (Wildman–Crippen MR) is 119 cm³/mol. The lowest BCUT2D eigenvalue weighted by atomic mass is 10.0. The van der Waals surface area contributed by atoms with Gasteiger partial charge in [-0.2, -0.15) is 0 Å². The zero-order valence-electron chi connectivity index (χ0n) is 17.9. The van der Waals surface area contributed by atoms with Crippen LogP contribution >= 0.6 is 0 Å². The lowest BCUT2D eigenvalue weighted by Gasteiger charge is -2.41. The van der Waals surface area contributed by atoms with Gasteiger partial charge in [-0.25, -0.2) is 0 Å². The van der Waals surface area contributed by atoms with Crippen LogP contribution in [0, 0.1) is 13.8 Å². The van der Waals surface area contributed by atoms with Gasteiger partial charge in [0.15, 0.2) is 0 Å². The third-order valence-corrected chi connectivity index (χ3v) is 5.88. The first-order valence-electron chi connectivity index (χ1n) is 10.8. The standard InChI is InChI=1S/C25H31N3O2/c1-19-6-5-8-22(26-19)17-28-14-13-27(18-23(28)12-15-29)16-21-7-3-4-9-24(21)25-11-10-20(2)30-25/h3-11,23,29H,12-18H2,1-2H3. The Morgan fingerprint density at radius 3 is 2.63 bits per heavy atom. The number of rotatable bonds is 7. The molecule has 3 heterocycles.